The van der Waals surface area contributed by atoms with E-state index in [9.17, 15) is 17.6 Å². The highest BCUT2D eigenvalue weighted by Crippen LogP contribution is 2.26. The number of hydrogen-bond acceptors (Lipinski definition) is 5. The van der Waals surface area contributed by atoms with Crippen molar-refractivity contribution in [2.24, 2.45) is 0 Å². The smallest absolute Gasteiger partial charge is 0.264 e. The van der Waals surface area contributed by atoms with Gasteiger partial charge in [-0.2, -0.15) is 0 Å². The van der Waals surface area contributed by atoms with E-state index in [1.165, 1.54) is 49.5 Å². The summed E-state index contributed by atoms with van der Waals surface area (Å²) >= 11 is 6.16. The van der Waals surface area contributed by atoms with Crippen molar-refractivity contribution in [3.63, 3.8) is 0 Å². The van der Waals surface area contributed by atoms with Gasteiger partial charge in [-0.15, -0.1) is 0 Å². The lowest BCUT2D eigenvalue weighted by atomic mass is 10.2. The Morgan fingerprint density at radius 2 is 1.75 bits per heavy atom. The van der Waals surface area contributed by atoms with Gasteiger partial charge in [-0.1, -0.05) is 17.7 Å². The molecule has 0 atom stereocenters. The quantitative estimate of drug-likeness (QED) is 0.562. The van der Waals surface area contributed by atoms with Crippen LogP contribution in [0.25, 0.3) is 0 Å². The molecule has 0 bridgehead atoms. The number of nitrogens with zero attached hydrogens (tertiary/aromatic N) is 3. The molecule has 1 amide bonds. The first-order valence-corrected chi connectivity index (χ1v) is 11.4. The fourth-order valence-corrected chi connectivity index (χ4v) is 4.28. The Hall–Kier alpha value is -3.17. The van der Waals surface area contributed by atoms with Gasteiger partial charge in [0, 0.05) is 33.9 Å². The molecule has 3 aromatic rings. The predicted octanol–water partition coefficient (Wildman–Crippen LogP) is 3.70. The number of carbonyl (C=O) groups excluding carboxylic acids is 1. The van der Waals surface area contributed by atoms with Gasteiger partial charge in [0.1, 0.15) is 11.6 Å². The second-order valence-electron chi connectivity index (χ2n) is 7.19. The van der Waals surface area contributed by atoms with Gasteiger partial charge in [0.05, 0.1) is 21.2 Å². The number of carbonyl (C=O) groups is 1. The second kappa shape index (κ2) is 9.54. The van der Waals surface area contributed by atoms with Crippen LogP contribution in [0.3, 0.4) is 0 Å². The van der Waals surface area contributed by atoms with Crippen LogP contribution in [0.2, 0.25) is 5.02 Å². The van der Waals surface area contributed by atoms with Crippen molar-refractivity contribution in [3.8, 4) is 0 Å². The summed E-state index contributed by atoms with van der Waals surface area (Å²) in [6.45, 7) is 0.197. The number of aromatic nitrogens is 1. The van der Waals surface area contributed by atoms with Crippen LogP contribution in [0.5, 0.6) is 0 Å². The molecule has 1 heterocycles. The molecule has 1 N–H and O–H groups in total. The Bertz CT molecular complexity index is 1220. The maximum atomic E-state index is 13.2. The molecule has 0 saturated heterocycles. The fourth-order valence-electron chi connectivity index (χ4n) is 2.85. The zero-order valence-electron chi connectivity index (χ0n) is 17.7. The molecule has 3 rings (SSSR count). The molecule has 10 heteroatoms. The summed E-state index contributed by atoms with van der Waals surface area (Å²) in [5.74, 6) is -0.212. The molecule has 0 radical (unpaired) electrons. The number of hydrogen-bond donors (Lipinski definition) is 1. The Kier molecular flexibility index (Phi) is 7.00. The Morgan fingerprint density at radius 3 is 2.34 bits per heavy atom. The molecule has 168 valence electrons. The maximum Gasteiger partial charge on any atom is 0.264 e. The number of amides is 1. The van der Waals surface area contributed by atoms with E-state index in [-0.39, 0.29) is 27.7 Å². The number of nitrogens with one attached hydrogen (secondary N) is 1. The molecule has 1 aromatic heterocycles. The Labute approximate surface area is 191 Å². The highest BCUT2D eigenvalue weighted by Gasteiger charge is 2.24. The molecule has 0 fully saturated rings. The summed E-state index contributed by atoms with van der Waals surface area (Å²) in [5, 5.41) is 2.84. The van der Waals surface area contributed by atoms with Crippen LogP contribution in [-0.2, 0) is 16.6 Å². The van der Waals surface area contributed by atoms with E-state index < -0.39 is 21.7 Å². The van der Waals surface area contributed by atoms with Gasteiger partial charge in [-0.05, 0) is 54.1 Å². The summed E-state index contributed by atoms with van der Waals surface area (Å²) < 4.78 is 40.2. The van der Waals surface area contributed by atoms with Crippen molar-refractivity contribution < 1.29 is 17.6 Å². The molecule has 0 spiro atoms. The SMILES string of the molecule is CN(C)c1ccc(CNC(=O)c2cc(S(=O)(=O)N(C)c3ccc(F)cc3)ccc2Cl)cn1. The van der Waals surface area contributed by atoms with E-state index in [1.807, 2.05) is 31.1 Å². The highest BCUT2D eigenvalue weighted by molar-refractivity contribution is 7.92. The third-order valence-corrected chi connectivity index (χ3v) is 6.86. The monoisotopic (exact) mass is 476 g/mol. The number of halogens is 2. The average molecular weight is 477 g/mol. The average Bonchev–Trinajstić information content (AvgIpc) is 2.78. The summed E-state index contributed by atoms with van der Waals surface area (Å²) in [4.78, 5) is 18.7. The molecule has 0 aliphatic heterocycles. The maximum absolute atomic E-state index is 13.2. The molecule has 32 heavy (non-hydrogen) atoms. The summed E-state index contributed by atoms with van der Waals surface area (Å²) in [5.41, 5.74) is 1.08. The highest BCUT2D eigenvalue weighted by atomic mass is 35.5. The van der Waals surface area contributed by atoms with Gasteiger partial charge in [0.15, 0.2) is 0 Å². The van der Waals surface area contributed by atoms with E-state index in [0.29, 0.717) is 0 Å². The van der Waals surface area contributed by atoms with Gasteiger partial charge in [0.25, 0.3) is 15.9 Å². The third-order valence-electron chi connectivity index (χ3n) is 4.75. The third kappa shape index (κ3) is 5.17. The number of anilines is 2. The zero-order valence-corrected chi connectivity index (χ0v) is 19.3. The summed E-state index contributed by atoms with van der Waals surface area (Å²) in [6, 6.07) is 12.6. The van der Waals surface area contributed by atoms with Crippen LogP contribution in [-0.4, -0.2) is 40.5 Å². The summed E-state index contributed by atoms with van der Waals surface area (Å²) in [7, 11) is 1.10. The lowest BCUT2D eigenvalue weighted by Crippen LogP contribution is -2.27. The minimum Gasteiger partial charge on any atom is -0.363 e. The fraction of sp³-hybridized carbons (Fsp3) is 0.182. The van der Waals surface area contributed by atoms with Crippen molar-refractivity contribution in [1.29, 1.82) is 0 Å². The van der Waals surface area contributed by atoms with E-state index in [1.54, 1.807) is 6.20 Å². The molecule has 0 aliphatic rings. The van der Waals surface area contributed by atoms with Crippen LogP contribution >= 0.6 is 11.6 Å². The van der Waals surface area contributed by atoms with Crippen molar-refractivity contribution in [2.45, 2.75) is 11.4 Å². The van der Waals surface area contributed by atoms with Crippen LogP contribution in [0.15, 0.2) is 65.7 Å². The minimum absolute atomic E-state index is 0.0260. The molecule has 0 saturated carbocycles. The number of benzene rings is 2. The van der Waals surface area contributed by atoms with E-state index in [0.717, 1.165) is 15.7 Å². The van der Waals surface area contributed by atoms with Crippen LogP contribution in [0, 0.1) is 5.82 Å². The van der Waals surface area contributed by atoms with Gasteiger partial charge in [-0.25, -0.2) is 17.8 Å². The van der Waals surface area contributed by atoms with E-state index in [2.05, 4.69) is 10.3 Å². The minimum atomic E-state index is -4.00. The molecule has 2 aromatic carbocycles. The first-order valence-electron chi connectivity index (χ1n) is 9.54. The first kappa shape index (κ1) is 23.5. The number of sulfonamides is 1. The second-order valence-corrected chi connectivity index (χ2v) is 9.57. The largest absolute Gasteiger partial charge is 0.363 e. The van der Waals surface area contributed by atoms with Crippen LogP contribution in [0.1, 0.15) is 15.9 Å². The molecule has 0 aliphatic carbocycles. The van der Waals surface area contributed by atoms with Gasteiger partial charge < -0.3 is 10.2 Å². The van der Waals surface area contributed by atoms with Crippen molar-refractivity contribution in [2.75, 3.05) is 30.3 Å². The van der Waals surface area contributed by atoms with Crippen molar-refractivity contribution in [1.82, 2.24) is 10.3 Å². The molecular formula is C22H22ClFN4O3S. The zero-order chi connectivity index (χ0) is 23.5. The number of rotatable bonds is 7. The normalized spacial score (nSPS) is 11.2. The topological polar surface area (TPSA) is 82.6 Å². The standard InChI is InChI=1S/C22H22ClFN4O3S/c1-27(2)21-11-4-15(13-25-21)14-26-22(29)19-12-18(9-10-20(19)23)32(30,31)28(3)17-7-5-16(24)6-8-17/h4-13H,14H2,1-3H3,(H,26,29). The molecule has 7 nitrogen and oxygen atoms in total. The Balaban J connectivity index is 1.79. The predicted molar refractivity (Wildman–Crippen MR) is 123 cm³/mol. The number of pyridine rings is 1. The molecule has 0 unspecified atom stereocenters. The van der Waals surface area contributed by atoms with Crippen molar-refractivity contribution in [3.05, 3.63) is 82.8 Å². The van der Waals surface area contributed by atoms with Crippen molar-refractivity contribution >= 4 is 39.0 Å². The summed E-state index contributed by atoms with van der Waals surface area (Å²) in [6.07, 6.45) is 1.65. The van der Waals surface area contributed by atoms with Gasteiger partial charge >= 0.3 is 0 Å². The lowest BCUT2D eigenvalue weighted by Gasteiger charge is -2.20. The lowest BCUT2D eigenvalue weighted by molar-refractivity contribution is 0.0951. The van der Waals surface area contributed by atoms with Crippen LogP contribution < -0.4 is 14.5 Å². The Morgan fingerprint density at radius 1 is 1.06 bits per heavy atom. The van der Waals surface area contributed by atoms with E-state index in [4.69, 9.17) is 11.6 Å². The van der Waals surface area contributed by atoms with Gasteiger partial charge in [-0.3, -0.25) is 9.10 Å². The first-order chi connectivity index (χ1) is 15.1. The van der Waals surface area contributed by atoms with Gasteiger partial charge in [0.2, 0.25) is 0 Å². The van der Waals surface area contributed by atoms with Crippen LogP contribution in [0.4, 0.5) is 15.9 Å². The molecular weight excluding hydrogens is 455 g/mol. The van der Waals surface area contributed by atoms with E-state index >= 15 is 0 Å².